The summed E-state index contributed by atoms with van der Waals surface area (Å²) in [6, 6.07) is 12.4. The van der Waals surface area contributed by atoms with Crippen LogP contribution in [0.3, 0.4) is 0 Å². The van der Waals surface area contributed by atoms with Gasteiger partial charge in [0.15, 0.2) is 11.5 Å². The Bertz CT molecular complexity index is 899. The van der Waals surface area contributed by atoms with E-state index in [9.17, 15) is 9.59 Å². The van der Waals surface area contributed by atoms with Crippen LogP contribution in [0.1, 0.15) is 48.0 Å². The number of hydrogen-bond donors (Lipinski definition) is 1. The topological polar surface area (TPSA) is 73.9 Å². The monoisotopic (exact) mass is 431 g/mol. The van der Waals surface area contributed by atoms with Crippen molar-refractivity contribution >= 4 is 23.5 Å². The van der Waals surface area contributed by atoms with Crippen molar-refractivity contribution in [1.82, 2.24) is 5.32 Å². The van der Waals surface area contributed by atoms with Crippen molar-refractivity contribution in [3.8, 4) is 11.5 Å². The van der Waals surface area contributed by atoms with E-state index >= 15 is 0 Å². The summed E-state index contributed by atoms with van der Waals surface area (Å²) < 4.78 is 16.3. The quantitative estimate of drug-likeness (QED) is 0.688. The predicted octanol–water partition coefficient (Wildman–Crippen LogP) is 4.36. The molecule has 7 heteroatoms. The van der Waals surface area contributed by atoms with Crippen molar-refractivity contribution in [2.75, 3.05) is 14.2 Å². The van der Waals surface area contributed by atoms with Gasteiger partial charge in [0.25, 0.3) is 5.91 Å². The summed E-state index contributed by atoms with van der Waals surface area (Å²) in [5.74, 6) is 0.754. The van der Waals surface area contributed by atoms with Crippen LogP contribution in [0.25, 0.3) is 0 Å². The molecule has 0 radical (unpaired) electrons. The Labute approximate surface area is 181 Å². The second-order valence-corrected chi connectivity index (χ2v) is 7.79. The molecule has 160 valence electrons. The van der Waals surface area contributed by atoms with Gasteiger partial charge in [0.2, 0.25) is 0 Å². The molecule has 0 aromatic heterocycles. The van der Waals surface area contributed by atoms with Gasteiger partial charge in [-0.05, 0) is 61.2 Å². The molecular formula is C23H26ClNO5. The van der Waals surface area contributed by atoms with Crippen molar-refractivity contribution in [1.29, 1.82) is 0 Å². The lowest BCUT2D eigenvalue weighted by Gasteiger charge is -2.36. The second-order valence-electron chi connectivity index (χ2n) is 7.35. The molecule has 0 heterocycles. The van der Waals surface area contributed by atoms with Crippen LogP contribution in [-0.2, 0) is 9.53 Å². The van der Waals surface area contributed by atoms with Gasteiger partial charge in [-0.1, -0.05) is 17.7 Å². The highest BCUT2D eigenvalue weighted by atomic mass is 35.5. The van der Waals surface area contributed by atoms with E-state index in [0.29, 0.717) is 41.3 Å². The molecule has 2 aromatic rings. The molecule has 2 aromatic carbocycles. The first-order chi connectivity index (χ1) is 14.4. The number of nitrogens with one attached hydrogen (secondary N) is 1. The number of methoxy groups -OCH3 is 2. The van der Waals surface area contributed by atoms with E-state index in [0.717, 1.165) is 5.56 Å². The summed E-state index contributed by atoms with van der Waals surface area (Å²) in [6.07, 6.45) is 1.80. The van der Waals surface area contributed by atoms with Crippen molar-refractivity contribution in [3.05, 3.63) is 58.6 Å². The maximum absolute atomic E-state index is 12.8. The fourth-order valence-electron chi connectivity index (χ4n) is 3.95. The number of carbonyl (C=O) groups is 2. The zero-order valence-corrected chi connectivity index (χ0v) is 18.1. The Morgan fingerprint density at radius 3 is 2.33 bits per heavy atom. The minimum Gasteiger partial charge on any atom is -0.493 e. The van der Waals surface area contributed by atoms with Gasteiger partial charge in [-0.25, -0.2) is 0 Å². The molecule has 3 unspecified atom stereocenters. The lowest BCUT2D eigenvalue weighted by atomic mass is 9.78. The standard InChI is InChI=1S/C23H26ClNO5/c1-14(26)30-18-9-10-20(25-23(27)15-4-7-17(24)8-5-15)19(13-18)16-6-11-21(28-2)22(12-16)29-3/h4-8,11-12,18-20H,9-10,13H2,1-3H3,(H,25,27). The van der Waals surface area contributed by atoms with E-state index in [1.54, 1.807) is 38.5 Å². The molecule has 0 spiro atoms. The predicted molar refractivity (Wildman–Crippen MR) is 114 cm³/mol. The molecule has 1 fully saturated rings. The third-order valence-corrected chi connectivity index (χ3v) is 5.65. The van der Waals surface area contributed by atoms with Crippen LogP contribution in [0.4, 0.5) is 0 Å². The molecule has 6 nitrogen and oxygen atoms in total. The van der Waals surface area contributed by atoms with E-state index < -0.39 is 0 Å². The molecule has 3 atom stereocenters. The van der Waals surface area contributed by atoms with Crippen LogP contribution < -0.4 is 14.8 Å². The van der Waals surface area contributed by atoms with Crippen LogP contribution in [0.2, 0.25) is 5.02 Å². The van der Waals surface area contributed by atoms with Gasteiger partial charge in [0, 0.05) is 29.5 Å². The number of amides is 1. The van der Waals surface area contributed by atoms with Gasteiger partial charge in [-0.2, -0.15) is 0 Å². The lowest BCUT2D eigenvalue weighted by Crippen LogP contribution is -2.44. The van der Waals surface area contributed by atoms with E-state index in [1.807, 2.05) is 18.2 Å². The number of rotatable bonds is 6. The van der Waals surface area contributed by atoms with Crippen LogP contribution in [-0.4, -0.2) is 38.2 Å². The van der Waals surface area contributed by atoms with Gasteiger partial charge >= 0.3 is 5.97 Å². The van der Waals surface area contributed by atoms with Crippen molar-refractivity contribution in [2.45, 2.75) is 44.2 Å². The zero-order chi connectivity index (χ0) is 21.7. The van der Waals surface area contributed by atoms with E-state index in [-0.39, 0.29) is 29.9 Å². The number of esters is 1. The Kier molecular flexibility index (Phi) is 7.21. The number of hydrogen-bond acceptors (Lipinski definition) is 5. The third-order valence-electron chi connectivity index (χ3n) is 5.39. The molecule has 0 saturated heterocycles. The highest BCUT2D eigenvalue weighted by Gasteiger charge is 2.34. The molecule has 1 N–H and O–H groups in total. The summed E-state index contributed by atoms with van der Waals surface area (Å²) >= 11 is 5.93. The first kappa shape index (κ1) is 22.0. The number of halogens is 1. The Morgan fingerprint density at radius 2 is 1.70 bits per heavy atom. The number of ether oxygens (including phenoxy) is 3. The average molecular weight is 432 g/mol. The van der Waals surface area contributed by atoms with Crippen LogP contribution >= 0.6 is 11.6 Å². The highest BCUT2D eigenvalue weighted by Crippen LogP contribution is 2.38. The fraction of sp³-hybridized carbons (Fsp3) is 0.391. The molecule has 1 aliphatic carbocycles. The highest BCUT2D eigenvalue weighted by molar-refractivity contribution is 6.30. The Hall–Kier alpha value is -2.73. The van der Waals surface area contributed by atoms with Crippen molar-refractivity contribution in [3.63, 3.8) is 0 Å². The molecule has 1 amide bonds. The van der Waals surface area contributed by atoms with Crippen LogP contribution in [0, 0.1) is 0 Å². The van der Waals surface area contributed by atoms with Crippen molar-refractivity contribution < 1.29 is 23.8 Å². The summed E-state index contributed by atoms with van der Waals surface area (Å²) in [6.45, 7) is 1.42. The minimum absolute atomic E-state index is 0.0424. The van der Waals surface area contributed by atoms with E-state index in [2.05, 4.69) is 5.32 Å². The lowest BCUT2D eigenvalue weighted by molar-refractivity contribution is -0.148. The zero-order valence-electron chi connectivity index (χ0n) is 17.3. The molecule has 3 rings (SSSR count). The van der Waals surface area contributed by atoms with Gasteiger partial charge < -0.3 is 19.5 Å². The summed E-state index contributed by atoms with van der Waals surface area (Å²) in [7, 11) is 3.17. The molecule has 1 saturated carbocycles. The average Bonchev–Trinajstić information content (AvgIpc) is 2.74. The SMILES string of the molecule is COc1ccc(C2CC(OC(C)=O)CCC2NC(=O)c2ccc(Cl)cc2)cc1OC. The van der Waals surface area contributed by atoms with E-state index in [4.69, 9.17) is 25.8 Å². The molecule has 1 aliphatic rings. The fourth-order valence-corrected chi connectivity index (χ4v) is 4.08. The molecule has 0 aliphatic heterocycles. The van der Waals surface area contributed by atoms with Gasteiger partial charge in [-0.15, -0.1) is 0 Å². The first-order valence-electron chi connectivity index (χ1n) is 9.86. The van der Waals surface area contributed by atoms with Crippen LogP contribution in [0.5, 0.6) is 11.5 Å². The summed E-state index contributed by atoms with van der Waals surface area (Å²) in [4.78, 5) is 24.3. The molecule has 0 bridgehead atoms. The number of benzene rings is 2. The maximum Gasteiger partial charge on any atom is 0.302 e. The largest absolute Gasteiger partial charge is 0.493 e. The van der Waals surface area contributed by atoms with Crippen molar-refractivity contribution in [2.24, 2.45) is 0 Å². The van der Waals surface area contributed by atoms with E-state index in [1.165, 1.54) is 6.92 Å². The molecular weight excluding hydrogens is 406 g/mol. The van der Waals surface area contributed by atoms with Gasteiger partial charge in [0.1, 0.15) is 6.10 Å². The summed E-state index contributed by atoms with van der Waals surface area (Å²) in [5, 5.41) is 3.73. The Balaban J connectivity index is 1.85. The van der Waals surface area contributed by atoms with Crippen LogP contribution in [0.15, 0.2) is 42.5 Å². The maximum atomic E-state index is 12.8. The smallest absolute Gasteiger partial charge is 0.302 e. The minimum atomic E-state index is -0.297. The first-order valence-corrected chi connectivity index (χ1v) is 10.2. The number of carbonyl (C=O) groups excluding carboxylic acids is 2. The normalized spacial score (nSPS) is 20.9. The van der Waals surface area contributed by atoms with Gasteiger partial charge in [-0.3, -0.25) is 9.59 Å². The Morgan fingerprint density at radius 1 is 1.00 bits per heavy atom. The second kappa shape index (κ2) is 9.85. The third kappa shape index (κ3) is 5.25. The molecule has 30 heavy (non-hydrogen) atoms. The summed E-state index contributed by atoms with van der Waals surface area (Å²) in [5.41, 5.74) is 1.54. The van der Waals surface area contributed by atoms with Gasteiger partial charge in [0.05, 0.1) is 14.2 Å².